The smallest absolute Gasteiger partial charge is 0.258 e. The maximum absolute atomic E-state index is 13.2. The molecule has 0 saturated carbocycles. The number of carbonyl (C=O) groups excluding carboxylic acids is 1. The SMILES string of the molecule is Cc1ccccc1OCC(=O)NC(C)c1ccc(F)c(F)c1. The van der Waals surface area contributed by atoms with E-state index in [0.717, 1.165) is 17.7 Å². The zero-order valence-corrected chi connectivity index (χ0v) is 12.4. The van der Waals surface area contributed by atoms with Gasteiger partial charge in [0, 0.05) is 0 Å². The summed E-state index contributed by atoms with van der Waals surface area (Å²) in [5, 5.41) is 2.68. The van der Waals surface area contributed by atoms with Gasteiger partial charge in [0.1, 0.15) is 5.75 Å². The molecular formula is C17H17F2NO2. The summed E-state index contributed by atoms with van der Waals surface area (Å²) in [6, 6.07) is 10.5. The topological polar surface area (TPSA) is 38.3 Å². The van der Waals surface area contributed by atoms with Gasteiger partial charge >= 0.3 is 0 Å². The number of hydrogen-bond donors (Lipinski definition) is 1. The average molecular weight is 305 g/mol. The molecule has 1 unspecified atom stereocenters. The molecule has 0 fully saturated rings. The molecule has 1 atom stereocenters. The molecule has 0 aliphatic carbocycles. The summed E-state index contributed by atoms with van der Waals surface area (Å²) in [6.07, 6.45) is 0. The molecule has 0 spiro atoms. The molecule has 0 saturated heterocycles. The zero-order chi connectivity index (χ0) is 16.1. The molecule has 0 aromatic heterocycles. The summed E-state index contributed by atoms with van der Waals surface area (Å²) in [4.78, 5) is 11.9. The fourth-order valence-electron chi connectivity index (χ4n) is 2.01. The van der Waals surface area contributed by atoms with Crippen LogP contribution in [0.15, 0.2) is 42.5 Å². The van der Waals surface area contributed by atoms with E-state index in [1.54, 1.807) is 13.0 Å². The molecule has 0 heterocycles. The van der Waals surface area contributed by atoms with Gasteiger partial charge in [0.15, 0.2) is 18.2 Å². The van der Waals surface area contributed by atoms with E-state index >= 15 is 0 Å². The van der Waals surface area contributed by atoms with Crippen LogP contribution in [0.5, 0.6) is 5.75 Å². The predicted molar refractivity (Wildman–Crippen MR) is 79.6 cm³/mol. The van der Waals surface area contributed by atoms with Crippen molar-refractivity contribution in [2.45, 2.75) is 19.9 Å². The maximum atomic E-state index is 13.2. The standard InChI is InChI=1S/C17H17F2NO2/c1-11-5-3-4-6-16(11)22-10-17(21)20-12(2)13-7-8-14(18)15(19)9-13/h3-9,12H,10H2,1-2H3,(H,20,21). The van der Waals surface area contributed by atoms with Crippen molar-refractivity contribution in [2.75, 3.05) is 6.61 Å². The number of amides is 1. The largest absolute Gasteiger partial charge is 0.484 e. The quantitative estimate of drug-likeness (QED) is 0.917. The Kier molecular flexibility index (Phi) is 5.09. The summed E-state index contributed by atoms with van der Waals surface area (Å²) in [7, 11) is 0. The van der Waals surface area contributed by atoms with Gasteiger partial charge in [-0.1, -0.05) is 24.3 Å². The summed E-state index contributed by atoms with van der Waals surface area (Å²) < 4.78 is 31.5. The van der Waals surface area contributed by atoms with Crippen molar-refractivity contribution in [3.63, 3.8) is 0 Å². The van der Waals surface area contributed by atoms with Crippen LogP contribution in [0.25, 0.3) is 0 Å². The number of hydrogen-bond acceptors (Lipinski definition) is 2. The minimum atomic E-state index is -0.935. The molecule has 2 rings (SSSR count). The Morgan fingerprint density at radius 3 is 2.59 bits per heavy atom. The van der Waals surface area contributed by atoms with Crippen LogP contribution in [0.4, 0.5) is 8.78 Å². The van der Waals surface area contributed by atoms with Crippen LogP contribution in [0.3, 0.4) is 0 Å². The highest BCUT2D eigenvalue weighted by Crippen LogP contribution is 2.17. The van der Waals surface area contributed by atoms with Gasteiger partial charge in [0.25, 0.3) is 5.91 Å². The monoisotopic (exact) mass is 305 g/mol. The van der Waals surface area contributed by atoms with Crippen molar-refractivity contribution in [3.05, 3.63) is 65.2 Å². The Morgan fingerprint density at radius 1 is 1.18 bits per heavy atom. The highest BCUT2D eigenvalue weighted by Gasteiger charge is 2.12. The molecule has 1 N–H and O–H groups in total. The average Bonchev–Trinajstić information content (AvgIpc) is 2.49. The molecule has 0 bridgehead atoms. The molecule has 0 aliphatic rings. The van der Waals surface area contributed by atoms with Crippen molar-refractivity contribution in [1.82, 2.24) is 5.32 Å². The van der Waals surface area contributed by atoms with Crippen molar-refractivity contribution < 1.29 is 18.3 Å². The Morgan fingerprint density at radius 2 is 1.91 bits per heavy atom. The third-order valence-electron chi connectivity index (χ3n) is 3.27. The molecule has 3 nitrogen and oxygen atoms in total. The summed E-state index contributed by atoms with van der Waals surface area (Å²) >= 11 is 0. The van der Waals surface area contributed by atoms with Gasteiger partial charge in [-0.05, 0) is 43.2 Å². The van der Waals surface area contributed by atoms with Crippen LogP contribution in [-0.4, -0.2) is 12.5 Å². The van der Waals surface area contributed by atoms with E-state index in [0.29, 0.717) is 11.3 Å². The lowest BCUT2D eigenvalue weighted by Gasteiger charge is -2.15. The van der Waals surface area contributed by atoms with Gasteiger partial charge in [-0.25, -0.2) is 8.78 Å². The Balaban J connectivity index is 1.91. The molecular weight excluding hydrogens is 288 g/mol. The first-order valence-corrected chi connectivity index (χ1v) is 6.90. The van der Waals surface area contributed by atoms with Crippen LogP contribution in [-0.2, 0) is 4.79 Å². The maximum Gasteiger partial charge on any atom is 0.258 e. The fourth-order valence-corrected chi connectivity index (χ4v) is 2.01. The van der Waals surface area contributed by atoms with Crippen LogP contribution in [0.1, 0.15) is 24.1 Å². The van der Waals surface area contributed by atoms with Crippen molar-refractivity contribution in [1.29, 1.82) is 0 Å². The van der Waals surface area contributed by atoms with E-state index in [1.165, 1.54) is 6.07 Å². The minimum absolute atomic E-state index is 0.140. The number of ether oxygens (including phenoxy) is 1. The number of rotatable bonds is 5. The zero-order valence-electron chi connectivity index (χ0n) is 12.4. The first-order chi connectivity index (χ1) is 10.5. The number of para-hydroxylation sites is 1. The number of carbonyl (C=O) groups is 1. The van der Waals surface area contributed by atoms with Crippen LogP contribution in [0.2, 0.25) is 0 Å². The van der Waals surface area contributed by atoms with E-state index in [-0.39, 0.29) is 12.5 Å². The molecule has 0 radical (unpaired) electrons. The first-order valence-electron chi connectivity index (χ1n) is 6.90. The van der Waals surface area contributed by atoms with Crippen LogP contribution >= 0.6 is 0 Å². The normalized spacial score (nSPS) is 11.8. The molecule has 116 valence electrons. The van der Waals surface area contributed by atoms with E-state index < -0.39 is 17.7 Å². The van der Waals surface area contributed by atoms with Gasteiger partial charge in [0.2, 0.25) is 0 Å². The highest BCUT2D eigenvalue weighted by atomic mass is 19.2. The molecule has 0 aliphatic heterocycles. The van der Waals surface area contributed by atoms with E-state index in [4.69, 9.17) is 4.74 Å². The Bertz CT molecular complexity index is 673. The third kappa shape index (κ3) is 4.04. The van der Waals surface area contributed by atoms with Crippen molar-refractivity contribution in [2.24, 2.45) is 0 Å². The number of benzene rings is 2. The molecule has 1 amide bonds. The Hall–Kier alpha value is -2.43. The summed E-state index contributed by atoms with van der Waals surface area (Å²) in [5.41, 5.74) is 1.42. The predicted octanol–water partition coefficient (Wildman–Crippen LogP) is 3.53. The van der Waals surface area contributed by atoms with Crippen molar-refractivity contribution >= 4 is 5.91 Å². The number of aryl methyl sites for hydroxylation is 1. The number of nitrogens with one attached hydrogen (secondary N) is 1. The lowest BCUT2D eigenvalue weighted by molar-refractivity contribution is -0.123. The van der Waals surface area contributed by atoms with Crippen LogP contribution in [0, 0.1) is 18.6 Å². The van der Waals surface area contributed by atoms with Crippen molar-refractivity contribution in [3.8, 4) is 5.75 Å². The highest BCUT2D eigenvalue weighted by molar-refractivity contribution is 5.78. The molecule has 2 aromatic carbocycles. The van der Waals surface area contributed by atoms with Gasteiger partial charge in [-0.15, -0.1) is 0 Å². The Labute approximate surface area is 127 Å². The third-order valence-corrected chi connectivity index (χ3v) is 3.27. The van der Waals surface area contributed by atoms with Gasteiger partial charge in [-0.3, -0.25) is 4.79 Å². The molecule has 22 heavy (non-hydrogen) atoms. The van der Waals surface area contributed by atoms with Gasteiger partial charge < -0.3 is 10.1 Å². The van der Waals surface area contributed by atoms with E-state index in [9.17, 15) is 13.6 Å². The molecule has 2 aromatic rings. The van der Waals surface area contributed by atoms with Crippen LogP contribution < -0.4 is 10.1 Å². The van der Waals surface area contributed by atoms with E-state index in [2.05, 4.69) is 5.32 Å². The van der Waals surface area contributed by atoms with E-state index in [1.807, 2.05) is 25.1 Å². The summed E-state index contributed by atoms with van der Waals surface area (Å²) in [6.45, 7) is 3.44. The lowest BCUT2D eigenvalue weighted by atomic mass is 10.1. The first kappa shape index (κ1) is 15.9. The van der Waals surface area contributed by atoms with Gasteiger partial charge in [0.05, 0.1) is 6.04 Å². The number of halogens is 2. The second kappa shape index (κ2) is 7.02. The minimum Gasteiger partial charge on any atom is -0.484 e. The second-order valence-corrected chi connectivity index (χ2v) is 5.02. The lowest BCUT2D eigenvalue weighted by Crippen LogP contribution is -2.31. The molecule has 5 heteroatoms. The second-order valence-electron chi connectivity index (χ2n) is 5.02. The van der Waals surface area contributed by atoms with Gasteiger partial charge in [-0.2, -0.15) is 0 Å². The summed E-state index contributed by atoms with van der Waals surface area (Å²) in [5.74, 6) is -1.54. The fraction of sp³-hybridized carbons (Fsp3) is 0.235.